The second-order valence-electron chi connectivity index (χ2n) is 3.31. The van der Waals surface area contributed by atoms with E-state index in [4.69, 9.17) is 5.26 Å². The second-order valence-corrected chi connectivity index (χ2v) is 3.31. The van der Waals surface area contributed by atoms with Crippen LogP contribution in [0.25, 0.3) is 10.8 Å². The lowest BCUT2D eigenvalue weighted by Crippen LogP contribution is -1.97. The number of carbonyl (C=O) groups is 1. The van der Waals surface area contributed by atoms with Gasteiger partial charge in [0.1, 0.15) is 12.2 Å². The predicted octanol–water partition coefficient (Wildman–Crippen LogP) is 2.65. The summed E-state index contributed by atoms with van der Waals surface area (Å²) in [4.78, 5) is 10.8. The van der Waals surface area contributed by atoms with E-state index in [0.29, 0.717) is 6.29 Å². The molecule has 2 aromatic carbocycles. The Kier molecular flexibility index (Phi) is 2.47. The fraction of sp³-hybridized carbons (Fsp3) is 0.0769. The van der Waals surface area contributed by atoms with Crippen LogP contribution < -0.4 is 0 Å². The van der Waals surface area contributed by atoms with Crippen LogP contribution in [0.1, 0.15) is 11.5 Å². The minimum Gasteiger partial charge on any atom is -0.302 e. The zero-order valence-corrected chi connectivity index (χ0v) is 8.05. The van der Waals surface area contributed by atoms with E-state index in [-0.39, 0.29) is 0 Å². The molecule has 0 amide bonds. The minimum atomic E-state index is -0.670. The molecule has 0 aliphatic carbocycles. The van der Waals surface area contributed by atoms with Gasteiger partial charge in [-0.3, -0.25) is 0 Å². The van der Waals surface area contributed by atoms with E-state index in [1.807, 2.05) is 48.5 Å². The number of benzene rings is 2. The molecule has 0 saturated heterocycles. The molecule has 0 aromatic heterocycles. The first-order valence-electron chi connectivity index (χ1n) is 4.69. The van der Waals surface area contributed by atoms with Gasteiger partial charge >= 0.3 is 0 Å². The highest BCUT2D eigenvalue weighted by atomic mass is 16.1. The van der Waals surface area contributed by atoms with Gasteiger partial charge in [0.2, 0.25) is 0 Å². The van der Waals surface area contributed by atoms with Crippen LogP contribution in [0.2, 0.25) is 0 Å². The fourth-order valence-electron chi connectivity index (χ4n) is 1.69. The summed E-state index contributed by atoms with van der Waals surface area (Å²) in [5.41, 5.74) is 0.783. The zero-order valence-electron chi connectivity index (χ0n) is 8.05. The van der Waals surface area contributed by atoms with Gasteiger partial charge in [-0.1, -0.05) is 42.5 Å². The van der Waals surface area contributed by atoms with Gasteiger partial charge in [-0.2, -0.15) is 5.26 Å². The first-order chi connectivity index (χ1) is 7.36. The SMILES string of the molecule is N#C[C@@H](C=O)c1cccc2ccccc12. The molecular weight excluding hydrogens is 186 g/mol. The Morgan fingerprint density at radius 3 is 2.60 bits per heavy atom. The van der Waals surface area contributed by atoms with Crippen molar-refractivity contribution in [1.29, 1.82) is 5.26 Å². The molecule has 0 spiro atoms. The van der Waals surface area contributed by atoms with Gasteiger partial charge in [0, 0.05) is 0 Å². The Labute approximate surface area is 87.8 Å². The highest BCUT2D eigenvalue weighted by Crippen LogP contribution is 2.23. The molecule has 0 aliphatic rings. The molecule has 0 heterocycles. The van der Waals surface area contributed by atoms with Crippen molar-refractivity contribution in [3.8, 4) is 6.07 Å². The zero-order chi connectivity index (χ0) is 10.7. The summed E-state index contributed by atoms with van der Waals surface area (Å²) in [5.74, 6) is -0.670. The average Bonchev–Trinajstić information content (AvgIpc) is 2.31. The molecule has 0 fully saturated rings. The molecule has 1 atom stereocenters. The molecule has 0 radical (unpaired) electrons. The van der Waals surface area contributed by atoms with Crippen LogP contribution in [-0.2, 0) is 4.79 Å². The van der Waals surface area contributed by atoms with Crippen LogP contribution in [0.4, 0.5) is 0 Å². The summed E-state index contributed by atoms with van der Waals surface area (Å²) in [6, 6.07) is 15.4. The summed E-state index contributed by atoms with van der Waals surface area (Å²) in [5, 5.41) is 10.9. The van der Waals surface area contributed by atoms with Gasteiger partial charge in [0.15, 0.2) is 0 Å². The van der Waals surface area contributed by atoms with Crippen LogP contribution >= 0.6 is 0 Å². The highest BCUT2D eigenvalue weighted by Gasteiger charge is 2.11. The van der Waals surface area contributed by atoms with Crippen LogP contribution in [0.15, 0.2) is 42.5 Å². The lowest BCUT2D eigenvalue weighted by atomic mass is 9.95. The van der Waals surface area contributed by atoms with Gasteiger partial charge in [-0.05, 0) is 16.3 Å². The Morgan fingerprint density at radius 1 is 1.13 bits per heavy atom. The number of nitriles is 1. The molecule has 0 unspecified atom stereocenters. The molecule has 15 heavy (non-hydrogen) atoms. The molecule has 0 bridgehead atoms. The average molecular weight is 195 g/mol. The summed E-state index contributed by atoms with van der Waals surface area (Å²) in [6.45, 7) is 0. The van der Waals surface area contributed by atoms with Crippen LogP contribution in [0.3, 0.4) is 0 Å². The Morgan fingerprint density at radius 2 is 1.87 bits per heavy atom. The Hall–Kier alpha value is -2.14. The van der Waals surface area contributed by atoms with Crippen molar-refractivity contribution in [2.24, 2.45) is 0 Å². The van der Waals surface area contributed by atoms with Gasteiger partial charge in [0.05, 0.1) is 6.07 Å². The number of aldehydes is 1. The third-order valence-electron chi connectivity index (χ3n) is 2.43. The van der Waals surface area contributed by atoms with Crippen molar-refractivity contribution >= 4 is 17.1 Å². The first kappa shape index (κ1) is 9.42. The monoisotopic (exact) mass is 195 g/mol. The lowest BCUT2D eigenvalue weighted by molar-refractivity contribution is -0.108. The number of hydrogen-bond acceptors (Lipinski definition) is 2. The van der Waals surface area contributed by atoms with Crippen LogP contribution in [0, 0.1) is 11.3 Å². The molecule has 0 N–H and O–H groups in total. The van der Waals surface area contributed by atoms with Crippen molar-refractivity contribution in [3.63, 3.8) is 0 Å². The van der Waals surface area contributed by atoms with Crippen molar-refractivity contribution < 1.29 is 4.79 Å². The van der Waals surface area contributed by atoms with E-state index in [1.165, 1.54) is 0 Å². The molecule has 2 nitrogen and oxygen atoms in total. The minimum absolute atomic E-state index is 0.670. The maximum atomic E-state index is 10.8. The summed E-state index contributed by atoms with van der Waals surface area (Å²) < 4.78 is 0. The molecule has 72 valence electrons. The summed E-state index contributed by atoms with van der Waals surface area (Å²) in [7, 11) is 0. The highest BCUT2D eigenvalue weighted by molar-refractivity contribution is 5.89. The maximum Gasteiger partial charge on any atom is 0.141 e. The van der Waals surface area contributed by atoms with Crippen LogP contribution in [-0.4, -0.2) is 6.29 Å². The second kappa shape index (κ2) is 3.93. The van der Waals surface area contributed by atoms with E-state index in [9.17, 15) is 4.79 Å². The van der Waals surface area contributed by atoms with E-state index in [1.54, 1.807) is 0 Å². The van der Waals surface area contributed by atoms with Gasteiger partial charge in [-0.25, -0.2) is 0 Å². The molecule has 0 saturated carbocycles. The first-order valence-corrected chi connectivity index (χ1v) is 4.69. The summed E-state index contributed by atoms with van der Waals surface area (Å²) >= 11 is 0. The standard InChI is InChI=1S/C13H9NO/c14-8-11(9-15)13-7-3-5-10-4-1-2-6-12(10)13/h1-7,9,11H/t11-/m0/s1. The topological polar surface area (TPSA) is 40.9 Å². The molecular formula is C13H9NO. The van der Waals surface area contributed by atoms with E-state index >= 15 is 0 Å². The third kappa shape index (κ3) is 1.60. The van der Waals surface area contributed by atoms with E-state index < -0.39 is 5.92 Å². The fourth-order valence-corrected chi connectivity index (χ4v) is 1.69. The van der Waals surface area contributed by atoms with Gasteiger partial charge in [0.25, 0.3) is 0 Å². The molecule has 2 aromatic rings. The van der Waals surface area contributed by atoms with E-state index in [0.717, 1.165) is 16.3 Å². The van der Waals surface area contributed by atoms with Gasteiger partial charge in [-0.15, -0.1) is 0 Å². The van der Waals surface area contributed by atoms with Crippen molar-refractivity contribution in [2.45, 2.75) is 5.92 Å². The number of nitrogens with zero attached hydrogens (tertiary/aromatic N) is 1. The maximum absolute atomic E-state index is 10.8. The normalized spacial score (nSPS) is 11.9. The summed E-state index contributed by atoms with van der Waals surface area (Å²) in [6.07, 6.45) is 0.682. The third-order valence-corrected chi connectivity index (χ3v) is 2.43. The number of rotatable bonds is 2. The predicted molar refractivity (Wildman–Crippen MR) is 58.4 cm³/mol. The van der Waals surface area contributed by atoms with Crippen molar-refractivity contribution in [3.05, 3.63) is 48.0 Å². The molecule has 2 rings (SSSR count). The Bertz CT molecular complexity index is 534. The lowest BCUT2D eigenvalue weighted by Gasteiger charge is -2.06. The quantitative estimate of drug-likeness (QED) is 0.691. The largest absolute Gasteiger partial charge is 0.302 e. The van der Waals surface area contributed by atoms with E-state index in [2.05, 4.69) is 0 Å². The Balaban J connectivity index is 2.71. The molecule has 0 aliphatic heterocycles. The molecule has 2 heteroatoms. The van der Waals surface area contributed by atoms with Gasteiger partial charge < -0.3 is 4.79 Å². The number of fused-ring (bicyclic) bond motifs is 1. The van der Waals surface area contributed by atoms with Crippen molar-refractivity contribution in [1.82, 2.24) is 0 Å². The smallest absolute Gasteiger partial charge is 0.141 e. The number of hydrogen-bond donors (Lipinski definition) is 0. The van der Waals surface area contributed by atoms with Crippen LogP contribution in [0.5, 0.6) is 0 Å². The number of carbonyl (C=O) groups excluding carboxylic acids is 1. The van der Waals surface area contributed by atoms with Crippen molar-refractivity contribution in [2.75, 3.05) is 0 Å².